The standard InChI is InChI=1S/C38H50N4O14/c1-9-53-31(19-33(45)41(23(3)4)39-37(49)51-7)35(47)55-21-29(43)27-15-11-25(12-16-27)26-13-17-28(18-14-26)30(44)22-56-36(48)32(54-10-2)20-34(46)42(24(5)6)40-38(50)52-8/h11-18,23-24,31-32H,9-10,19-22H2,1-8H3,(H,39,49)(H,40,50). The Morgan fingerprint density at radius 1 is 0.554 bits per heavy atom. The zero-order chi connectivity index (χ0) is 41.9. The number of rotatable bonds is 19. The zero-order valence-corrected chi connectivity index (χ0v) is 32.8. The average molecular weight is 787 g/mol. The third kappa shape index (κ3) is 14.4. The van der Waals surface area contributed by atoms with Gasteiger partial charge in [-0.2, -0.15) is 0 Å². The number of esters is 2. The van der Waals surface area contributed by atoms with E-state index >= 15 is 0 Å². The summed E-state index contributed by atoms with van der Waals surface area (Å²) in [5, 5.41) is 2.01. The lowest BCUT2D eigenvalue weighted by atomic mass is 10.0. The lowest BCUT2D eigenvalue weighted by Crippen LogP contribution is -2.51. The summed E-state index contributed by atoms with van der Waals surface area (Å²) in [4.78, 5) is 100. The Hall–Kier alpha value is -5.88. The first-order valence-electron chi connectivity index (χ1n) is 17.7. The number of hydrogen-bond acceptors (Lipinski definition) is 14. The zero-order valence-electron chi connectivity index (χ0n) is 32.8. The van der Waals surface area contributed by atoms with Gasteiger partial charge in [-0.25, -0.2) is 40.0 Å². The Balaban J connectivity index is 1.98. The summed E-state index contributed by atoms with van der Waals surface area (Å²) >= 11 is 0. The summed E-state index contributed by atoms with van der Waals surface area (Å²) in [7, 11) is 2.28. The minimum atomic E-state index is -1.33. The number of carbonyl (C=O) groups excluding carboxylic acids is 8. The molecule has 0 aliphatic carbocycles. The minimum absolute atomic E-state index is 0.0764. The van der Waals surface area contributed by atoms with E-state index in [4.69, 9.17) is 18.9 Å². The van der Waals surface area contributed by atoms with Crippen molar-refractivity contribution < 1.29 is 66.8 Å². The maximum Gasteiger partial charge on any atom is 0.425 e. The molecule has 2 atom stereocenters. The van der Waals surface area contributed by atoms with Gasteiger partial charge >= 0.3 is 24.1 Å². The van der Waals surface area contributed by atoms with Gasteiger partial charge in [0.2, 0.25) is 11.8 Å². The van der Waals surface area contributed by atoms with Gasteiger partial charge < -0.3 is 28.4 Å². The number of carbonyl (C=O) groups is 8. The van der Waals surface area contributed by atoms with Crippen LogP contribution in [0.5, 0.6) is 0 Å². The summed E-state index contributed by atoms with van der Waals surface area (Å²) in [6.45, 7) is 8.76. The van der Waals surface area contributed by atoms with Gasteiger partial charge in [-0.3, -0.25) is 19.2 Å². The molecule has 0 saturated heterocycles. The van der Waals surface area contributed by atoms with Crippen LogP contribution in [0.1, 0.15) is 75.1 Å². The van der Waals surface area contributed by atoms with Gasteiger partial charge in [0.05, 0.1) is 27.1 Å². The minimum Gasteiger partial charge on any atom is -0.455 e. The number of methoxy groups -OCH3 is 2. The highest BCUT2D eigenvalue weighted by atomic mass is 16.6. The van der Waals surface area contributed by atoms with Gasteiger partial charge in [0.25, 0.3) is 0 Å². The van der Waals surface area contributed by atoms with Gasteiger partial charge in [-0.15, -0.1) is 0 Å². The van der Waals surface area contributed by atoms with Gasteiger partial charge in [0.15, 0.2) is 37.0 Å². The van der Waals surface area contributed by atoms with Gasteiger partial charge in [-0.1, -0.05) is 48.5 Å². The van der Waals surface area contributed by atoms with Crippen LogP contribution in [0.3, 0.4) is 0 Å². The van der Waals surface area contributed by atoms with E-state index in [0.717, 1.165) is 24.2 Å². The average Bonchev–Trinajstić information content (AvgIpc) is 3.18. The van der Waals surface area contributed by atoms with Crippen molar-refractivity contribution in [3.63, 3.8) is 0 Å². The van der Waals surface area contributed by atoms with Crippen LogP contribution in [-0.2, 0) is 47.6 Å². The second-order valence-electron chi connectivity index (χ2n) is 12.4. The number of ketones is 2. The second-order valence-corrected chi connectivity index (χ2v) is 12.4. The van der Waals surface area contributed by atoms with Gasteiger partial charge in [0.1, 0.15) is 0 Å². The molecule has 0 saturated carbocycles. The Bertz CT molecular complexity index is 1550. The maximum absolute atomic E-state index is 12.8. The fraction of sp³-hybridized carbons (Fsp3) is 0.474. The molecule has 18 heteroatoms. The SMILES string of the molecule is CCOC(CC(=O)N(NC(=O)OC)C(C)C)C(=O)OCC(=O)c1ccc(-c2ccc(C(=O)COC(=O)C(CC(=O)N(NC(=O)OC)C(C)C)OCC)cc2)cc1. The molecule has 0 heterocycles. The number of amides is 4. The molecule has 0 bridgehead atoms. The van der Waals surface area contributed by atoms with Crippen LogP contribution < -0.4 is 10.9 Å². The molecular weight excluding hydrogens is 736 g/mol. The van der Waals surface area contributed by atoms with Crippen molar-refractivity contribution in [2.24, 2.45) is 0 Å². The normalized spacial score (nSPS) is 11.8. The number of nitrogens with one attached hydrogen (secondary N) is 2. The van der Waals surface area contributed by atoms with Crippen molar-refractivity contribution in [2.45, 2.75) is 78.7 Å². The van der Waals surface area contributed by atoms with E-state index in [1.807, 2.05) is 0 Å². The van der Waals surface area contributed by atoms with Crippen LogP contribution in [0.25, 0.3) is 11.1 Å². The number of ether oxygens (including phenoxy) is 6. The van der Waals surface area contributed by atoms with Crippen molar-refractivity contribution in [1.29, 1.82) is 0 Å². The van der Waals surface area contributed by atoms with Gasteiger partial charge in [-0.05, 0) is 52.7 Å². The number of benzene rings is 2. The van der Waals surface area contributed by atoms with Crippen molar-refractivity contribution in [3.05, 3.63) is 59.7 Å². The highest BCUT2D eigenvalue weighted by Crippen LogP contribution is 2.21. The molecule has 306 valence electrons. The summed E-state index contributed by atoms with van der Waals surface area (Å²) in [5.41, 5.74) is 6.47. The predicted octanol–water partition coefficient (Wildman–Crippen LogP) is 3.41. The topological polar surface area (TPSA) is 222 Å². The third-order valence-corrected chi connectivity index (χ3v) is 7.78. The Morgan fingerprint density at radius 2 is 0.875 bits per heavy atom. The predicted molar refractivity (Wildman–Crippen MR) is 198 cm³/mol. The van der Waals surface area contributed by atoms with Crippen LogP contribution in [0.4, 0.5) is 9.59 Å². The smallest absolute Gasteiger partial charge is 0.425 e. The Labute approximate surface area is 325 Å². The van der Waals surface area contributed by atoms with E-state index in [-0.39, 0.29) is 24.3 Å². The maximum atomic E-state index is 12.8. The van der Waals surface area contributed by atoms with Crippen LogP contribution in [0.2, 0.25) is 0 Å². The molecule has 0 aliphatic rings. The summed E-state index contributed by atoms with van der Waals surface area (Å²) in [5.74, 6) is -4.14. The van der Waals surface area contributed by atoms with Gasteiger partial charge in [0, 0.05) is 36.4 Å². The molecule has 2 aromatic carbocycles. The molecule has 0 spiro atoms. The van der Waals surface area contributed by atoms with E-state index in [1.165, 1.54) is 24.3 Å². The number of nitrogens with zero attached hydrogens (tertiary/aromatic N) is 2. The van der Waals surface area contributed by atoms with Crippen molar-refractivity contribution in [3.8, 4) is 11.1 Å². The number of hydrogen-bond donors (Lipinski definition) is 2. The van der Waals surface area contributed by atoms with Crippen molar-refractivity contribution in [2.75, 3.05) is 40.6 Å². The number of hydrazine groups is 2. The molecule has 0 aromatic heterocycles. The molecule has 2 unspecified atom stereocenters. The first-order valence-corrected chi connectivity index (χ1v) is 17.7. The largest absolute Gasteiger partial charge is 0.455 e. The van der Waals surface area contributed by atoms with Crippen LogP contribution in [0, 0.1) is 0 Å². The van der Waals surface area contributed by atoms with E-state index < -0.39 is 97.9 Å². The van der Waals surface area contributed by atoms with E-state index in [9.17, 15) is 38.4 Å². The van der Waals surface area contributed by atoms with Crippen LogP contribution in [-0.4, -0.2) is 122 Å². The summed E-state index contributed by atoms with van der Waals surface area (Å²) in [6, 6.07) is 11.9. The first-order chi connectivity index (χ1) is 26.6. The molecule has 0 radical (unpaired) electrons. The van der Waals surface area contributed by atoms with Crippen LogP contribution in [0.15, 0.2) is 48.5 Å². The molecule has 18 nitrogen and oxygen atoms in total. The monoisotopic (exact) mass is 786 g/mol. The quantitative estimate of drug-likeness (QED) is 0.0902. The lowest BCUT2D eigenvalue weighted by molar-refractivity contribution is -0.160. The van der Waals surface area contributed by atoms with Crippen LogP contribution >= 0.6 is 0 Å². The fourth-order valence-electron chi connectivity index (χ4n) is 4.91. The number of Topliss-reactive ketones (excluding diaryl/α,β-unsaturated/α-hetero) is 2. The Kier molecular flexibility index (Phi) is 19.1. The van der Waals surface area contributed by atoms with Crippen molar-refractivity contribution in [1.82, 2.24) is 20.9 Å². The molecule has 0 fully saturated rings. The van der Waals surface area contributed by atoms with E-state index in [1.54, 1.807) is 65.8 Å². The highest BCUT2D eigenvalue weighted by Gasteiger charge is 2.31. The second kappa shape index (κ2) is 23.1. The summed E-state index contributed by atoms with van der Waals surface area (Å²) < 4.78 is 30.2. The molecule has 4 amide bonds. The Morgan fingerprint density at radius 3 is 1.14 bits per heavy atom. The molecule has 2 aromatic rings. The van der Waals surface area contributed by atoms with Crippen molar-refractivity contribution >= 4 is 47.5 Å². The molecular formula is C38H50N4O14. The fourth-order valence-corrected chi connectivity index (χ4v) is 4.91. The molecule has 0 aliphatic heterocycles. The molecule has 2 N–H and O–H groups in total. The van der Waals surface area contributed by atoms with E-state index in [0.29, 0.717) is 11.1 Å². The first kappa shape index (κ1) is 46.3. The highest BCUT2D eigenvalue weighted by molar-refractivity contribution is 6.00. The summed E-state index contributed by atoms with van der Waals surface area (Å²) in [6.07, 6.45) is -5.30. The van der Waals surface area contributed by atoms with E-state index in [2.05, 4.69) is 20.3 Å². The lowest BCUT2D eigenvalue weighted by Gasteiger charge is -2.27. The molecule has 2 rings (SSSR count). The molecule has 56 heavy (non-hydrogen) atoms. The third-order valence-electron chi connectivity index (χ3n) is 7.78.